The molecule has 1 aliphatic heterocycles. The summed E-state index contributed by atoms with van der Waals surface area (Å²) in [5.74, 6) is 1.36. The standard InChI is InChI=1S/C27H24ClF3IN2O3/c1-36-23-4-6-24(7-5-23)37-11-10-34-25-14-22(28)3-2-19(25)13-20(26(34)35)17-33-16-18-12-21(27(29,30)31)8-9-32-15-18/h2-9,12-15,33H,10-11,16-17H2,1H3/q-1. The van der Waals surface area contributed by atoms with Gasteiger partial charge in [-0.1, -0.05) is 0 Å². The smallest absolute Gasteiger partial charge is 0.0163 e. The van der Waals surface area contributed by atoms with Gasteiger partial charge in [-0.05, 0) is 24.3 Å². The Labute approximate surface area is 227 Å². The zero-order valence-electron chi connectivity index (χ0n) is 19.8. The number of halogens is 5. The summed E-state index contributed by atoms with van der Waals surface area (Å²) in [5, 5.41) is 4.47. The summed E-state index contributed by atoms with van der Waals surface area (Å²) in [6, 6.07) is 14.3. The van der Waals surface area contributed by atoms with Crippen molar-refractivity contribution in [2.75, 3.05) is 20.3 Å². The Balaban J connectivity index is 1.50. The second kappa shape index (κ2) is 12.2. The van der Waals surface area contributed by atoms with Crippen molar-refractivity contribution in [2.24, 2.45) is 0 Å². The van der Waals surface area contributed by atoms with Crippen LogP contribution in [-0.4, -0.2) is 31.0 Å². The number of hydrogen-bond donors (Lipinski definition) is 1. The summed E-state index contributed by atoms with van der Waals surface area (Å²) in [6.07, 6.45) is -2.10. The third-order valence-electron chi connectivity index (χ3n) is 5.61. The molecule has 0 bridgehead atoms. The molecule has 2 heterocycles. The number of benzene rings is 2. The first kappa shape index (κ1) is 27.3. The second-order valence-corrected chi connectivity index (χ2v) is 10.7. The Hall–Kier alpha value is -2.76. The van der Waals surface area contributed by atoms with Crippen LogP contribution in [0.1, 0.15) is 5.56 Å². The first-order valence-electron chi connectivity index (χ1n) is 11.3. The molecular weight excluding hydrogens is 620 g/mol. The van der Waals surface area contributed by atoms with E-state index in [9.17, 15) is 18.0 Å². The average Bonchev–Trinajstić information content (AvgIpc) is 3.13. The Bertz CT molecular complexity index is 1410. The molecule has 1 aliphatic rings. The molecule has 2 aromatic carbocycles. The molecule has 0 saturated carbocycles. The summed E-state index contributed by atoms with van der Waals surface area (Å²) in [5.41, 5.74) is 0.863. The summed E-state index contributed by atoms with van der Waals surface area (Å²) in [6.45, 7) is 0.961. The van der Waals surface area contributed by atoms with Crippen LogP contribution in [0.2, 0.25) is 5.02 Å². The van der Waals surface area contributed by atoms with E-state index in [1.54, 1.807) is 58.2 Å². The van der Waals surface area contributed by atoms with Gasteiger partial charge in [-0.2, -0.15) is 0 Å². The fourth-order valence-electron chi connectivity index (χ4n) is 3.79. The van der Waals surface area contributed by atoms with Crippen LogP contribution in [0.5, 0.6) is 11.5 Å². The van der Waals surface area contributed by atoms with Crippen LogP contribution in [0.15, 0.2) is 84.8 Å². The number of nitrogens with zero attached hydrogens (tertiary/aromatic N) is 1. The molecule has 196 valence electrons. The molecule has 37 heavy (non-hydrogen) atoms. The van der Waals surface area contributed by atoms with Gasteiger partial charge < -0.3 is 4.74 Å². The Morgan fingerprint density at radius 3 is 2.54 bits per heavy atom. The van der Waals surface area contributed by atoms with Gasteiger partial charge in [-0.15, -0.1) is 0 Å². The summed E-state index contributed by atoms with van der Waals surface area (Å²) in [4.78, 5) is 13.4. The number of allylic oxidation sites excluding steroid dienone is 2. The van der Waals surface area contributed by atoms with Crippen molar-refractivity contribution in [3.63, 3.8) is 0 Å². The zero-order valence-corrected chi connectivity index (χ0v) is 22.7. The molecular formula is C27H24ClF3IN2O3-. The predicted molar refractivity (Wildman–Crippen MR) is 135 cm³/mol. The quantitative estimate of drug-likeness (QED) is 0.365. The molecule has 0 amide bonds. The van der Waals surface area contributed by atoms with Crippen molar-refractivity contribution in [3.05, 3.63) is 101 Å². The van der Waals surface area contributed by atoms with Gasteiger partial charge in [-0.3, -0.25) is 0 Å². The minimum absolute atomic E-state index is 0.203. The van der Waals surface area contributed by atoms with Gasteiger partial charge in [0.15, 0.2) is 0 Å². The fraction of sp³-hybridized carbons (Fsp3) is 0.222. The molecule has 1 N–H and O–H groups in total. The Morgan fingerprint density at radius 1 is 1.05 bits per heavy atom. The van der Waals surface area contributed by atoms with E-state index in [2.05, 4.69) is 5.32 Å². The number of hydrogen-bond acceptors (Lipinski definition) is 4. The number of methoxy groups -OCH3 is 1. The van der Waals surface area contributed by atoms with Crippen LogP contribution >= 0.6 is 11.6 Å². The molecule has 0 spiro atoms. The van der Waals surface area contributed by atoms with E-state index in [4.69, 9.17) is 21.1 Å². The van der Waals surface area contributed by atoms with Crippen LogP contribution in [0.25, 0.3) is 10.9 Å². The Morgan fingerprint density at radius 2 is 1.81 bits per heavy atom. The number of rotatable bonds is 9. The van der Waals surface area contributed by atoms with Gasteiger partial charge in [-0.25, -0.2) is 0 Å². The third kappa shape index (κ3) is 7.18. The van der Waals surface area contributed by atoms with Crippen molar-refractivity contribution >= 4 is 22.5 Å². The van der Waals surface area contributed by atoms with Crippen LogP contribution in [0.3, 0.4) is 0 Å². The number of alkyl halides is 3. The predicted octanol–water partition coefficient (Wildman–Crippen LogP) is 2.82. The first-order chi connectivity index (χ1) is 17.7. The van der Waals surface area contributed by atoms with Gasteiger partial charge in [0.2, 0.25) is 0 Å². The minimum Gasteiger partial charge on any atom is -0.0163 e. The average molecular weight is 644 g/mol. The molecule has 0 atom stereocenters. The zero-order chi connectivity index (χ0) is 26.4. The molecule has 5 nitrogen and oxygen atoms in total. The van der Waals surface area contributed by atoms with Gasteiger partial charge in [0.25, 0.3) is 0 Å². The summed E-state index contributed by atoms with van der Waals surface area (Å²) in [7, 11) is 1.59. The number of nitrogens with one attached hydrogen (secondary N) is 1. The molecule has 10 heteroatoms. The van der Waals surface area contributed by atoms with E-state index >= 15 is 0 Å². The first-order valence-corrected chi connectivity index (χ1v) is 14.2. The van der Waals surface area contributed by atoms with Crippen LogP contribution in [0, 0.1) is 0 Å². The minimum atomic E-state index is -4.40. The number of fused-ring (bicyclic) bond motifs is 1. The SMILES string of the molecule is COc1ccc(OCCn2c(=O)c(CNCC3=C[I-]C=CC(C(F)(F)F)=C3)cc3ccc(Cl)cc32)cc1. The Kier molecular flexibility index (Phi) is 8.99. The number of ether oxygens (including phenoxy) is 2. The summed E-state index contributed by atoms with van der Waals surface area (Å²) < 4.78 is 55.6. The molecule has 0 aliphatic carbocycles. The van der Waals surface area contributed by atoms with Crippen LogP contribution < -0.4 is 41.6 Å². The van der Waals surface area contributed by atoms with E-state index in [1.165, 1.54) is 0 Å². The van der Waals surface area contributed by atoms with Crippen molar-refractivity contribution in [2.45, 2.75) is 19.3 Å². The number of aromatic nitrogens is 1. The van der Waals surface area contributed by atoms with Crippen molar-refractivity contribution in [3.8, 4) is 11.5 Å². The van der Waals surface area contributed by atoms with Gasteiger partial charge >= 0.3 is 186 Å². The van der Waals surface area contributed by atoms with Crippen molar-refractivity contribution in [1.29, 1.82) is 0 Å². The van der Waals surface area contributed by atoms with Gasteiger partial charge in [0.05, 0.1) is 7.11 Å². The van der Waals surface area contributed by atoms with E-state index in [1.807, 2.05) is 10.1 Å². The van der Waals surface area contributed by atoms with Gasteiger partial charge in [0.1, 0.15) is 5.75 Å². The van der Waals surface area contributed by atoms with Crippen LogP contribution in [0.4, 0.5) is 13.2 Å². The summed E-state index contributed by atoms with van der Waals surface area (Å²) >= 11 is 5.60. The third-order valence-corrected chi connectivity index (χ3v) is 7.78. The number of pyridine rings is 1. The van der Waals surface area contributed by atoms with E-state index in [0.717, 1.165) is 17.5 Å². The normalized spacial score (nSPS) is 14.0. The van der Waals surface area contributed by atoms with E-state index in [-0.39, 0.29) is 31.8 Å². The molecule has 0 saturated heterocycles. The van der Waals surface area contributed by atoms with E-state index < -0.39 is 33.0 Å². The van der Waals surface area contributed by atoms with Crippen molar-refractivity contribution in [1.82, 2.24) is 9.88 Å². The monoisotopic (exact) mass is 643 g/mol. The maximum absolute atomic E-state index is 13.4. The largest absolute Gasteiger partial charge is 0.0163 e. The molecule has 3 aromatic rings. The topological polar surface area (TPSA) is 52.5 Å². The molecule has 4 rings (SSSR count). The fourth-order valence-corrected chi connectivity index (χ4v) is 5.62. The second-order valence-electron chi connectivity index (χ2n) is 8.16. The molecule has 0 radical (unpaired) electrons. The molecule has 1 aromatic heterocycles. The maximum atomic E-state index is 13.4. The van der Waals surface area contributed by atoms with Crippen LogP contribution in [-0.2, 0) is 13.1 Å². The molecule has 0 unspecified atom stereocenters. The van der Waals surface area contributed by atoms with Gasteiger partial charge in [0, 0.05) is 0 Å². The van der Waals surface area contributed by atoms with E-state index in [0.29, 0.717) is 33.2 Å². The van der Waals surface area contributed by atoms with Crippen molar-refractivity contribution < 1.29 is 43.9 Å². The molecule has 0 fully saturated rings. The maximum Gasteiger partial charge on any atom is -0.0163 e.